The Kier molecular flexibility index (Phi) is 6.05. The molecule has 1 fully saturated rings. The number of nitrogens with zero attached hydrogens (tertiary/aromatic N) is 1. The van der Waals surface area contributed by atoms with Gasteiger partial charge in [-0.2, -0.15) is 0 Å². The molecule has 25 heavy (non-hydrogen) atoms. The highest BCUT2D eigenvalue weighted by atomic mass is 35.5. The number of hydrogen-bond acceptors (Lipinski definition) is 3. The lowest BCUT2D eigenvalue weighted by Crippen LogP contribution is -2.48. The van der Waals surface area contributed by atoms with Crippen molar-refractivity contribution in [1.82, 2.24) is 4.90 Å². The van der Waals surface area contributed by atoms with Crippen molar-refractivity contribution in [1.29, 1.82) is 0 Å². The zero-order valence-electron chi connectivity index (χ0n) is 14.4. The molecule has 0 bridgehead atoms. The van der Waals surface area contributed by atoms with E-state index >= 15 is 0 Å². The molecule has 5 heteroatoms. The lowest BCUT2D eigenvalue weighted by molar-refractivity contribution is -0.0586. The summed E-state index contributed by atoms with van der Waals surface area (Å²) in [4.78, 5) is 15.7. The molecule has 0 N–H and O–H groups in total. The average Bonchev–Trinajstić information content (AvgIpc) is 2.60. The van der Waals surface area contributed by atoms with Gasteiger partial charge in [0.25, 0.3) is 5.91 Å². The summed E-state index contributed by atoms with van der Waals surface area (Å²) in [5.74, 6) is 0.945. The summed E-state index contributed by atoms with van der Waals surface area (Å²) in [6, 6.07) is 15.7. The van der Waals surface area contributed by atoms with Gasteiger partial charge >= 0.3 is 0 Å². The molecule has 1 aliphatic rings. The van der Waals surface area contributed by atoms with Crippen LogP contribution in [0.4, 0.5) is 0 Å². The highest BCUT2D eigenvalue weighted by Gasteiger charge is 2.26. The van der Waals surface area contributed by atoms with Crippen LogP contribution in [0.1, 0.15) is 29.8 Å². The third-order valence-corrected chi connectivity index (χ3v) is 5.46. The lowest BCUT2D eigenvalue weighted by atomic mass is 10.1. The van der Waals surface area contributed by atoms with Crippen molar-refractivity contribution in [2.24, 2.45) is 0 Å². The largest absolute Gasteiger partial charge is 0.372 e. The van der Waals surface area contributed by atoms with Crippen LogP contribution in [0.5, 0.6) is 0 Å². The summed E-state index contributed by atoms with van der Waals surface area (Å²) in [7, 11) is 0. The summed E-state index contributed by atoms with van der Waals surface area (Å²) in [5, 5.41) is 0.749. The van der Waals surface area contributed by atoms with Crippen LogP contribution in [0, 0.1) is 0 Å². The number of halogens is 1. The van der Waals surface area contributed by atoms with E-state index in [1.165, 1.54) is 10.5 Å². The number of ether oxygens (including phenoxy) is 1. The highest BCUT2D eigenvalue weighted by molar-refractivity contribution is 7.98. The standard InChI is InChI=1S/C20H22ClNO2S/c1-14-11-22(12-15(2)24-14)20(23)17-5-3-16(4-6-17)13-25-19-9-7-18(21)8-10-19/h3-10,14-15H,11-13H2,1-2H3. The predicted molar refractivity (Wildman–Crippen MR) is 103 cm³/mol. The van der Waals surface area contributed by atoms with E-state index < -0.39 is 0 Å². The first-order chi connectivity index (χ1) is 12.0. The Bertz CT molecular complexity index is 707. The van der Waals surface area contributed by atoms with Gasteiger partial charge in [0.2, 0.25) is 0 Å². The average molecular weight is 376 g/mol. The fraction of sp³-hybridized carbons (Fsp3) is 0.350. The van der Waals surface area contributed by atoms with Gasteiger partial charge in [-0.05, 0) is 55.8 Å². The van der Waals surface area contributed by atoms with Crippen molar-refractivity contribution >= 4 is 29.3 Å². The third kappa shape index (κ3) is 5.00. The minimum absolute atomic E-state index is 0.0823. The first-order valence-corrected chi connectivity index (χ1v) is 9.79. The molecular weight excluding hydrogens is 354 g/mol. The fourth-order valence-corrected chi connectivity index (χ4v) is 3.95. The zero-order valence-corrected chi connectivity index (χ0v) is 16.0. The van der Waals surface area contributed by atoms with Crippen LogP contribution in [0.3, 0.4) is 0 Å². The molecule has 0 aliphatic carbocycles. The molecule has 0 saturated carbocycles. The van der Waals surface area contributed by atoms with E-state index in [1.807, 2.05) is 67.3 Å². The SMILES string of the molecule is CC1CN(C(=O)c2ccc(CSc3ccc(Cl)cc3)cc2)CC(C)O1. The van der Waals surface area contributed by atoms with Crippen LogP contribution in [-0.4, -0.2) is 36.1 Å². The van der Waals surface area contributed by atoms with Crippen LogP contribution in [0.2, 0.25) is 5.02 Å². The molecule has 2 aromatic carbocycles. The molecule has 1 heterocycles. The predicted octanol–water partition coefficient (Wildman–Crippen LogP) is 4.88. The maximum absolute atomic E-state index is 12.7. The van der Waals surface area contributed by atoms with Crippen LogP contribution in [0.25, 0.3) is 0 Å². The van der Waals surface area contributed by atoms with Gasteiger partial charge in [0.15, 0.2) is 0 Å². The normalized spacial score (nSPS) is 20.5. The second-order valence-corrected chi connectivity index (χ2v) is 7.89. The number of carbonyl (C=O) groups is 1. The molecule has 2 unspecified atom stereocenters. The Morgan fingerprint density at radius 2 is 1.68 bits per heavy atom. The number of thioether (sulfide) groups is 1. The molecule has 2 atom stereocenters. The second-order valence-electron chi connectivity index (χ2n) is 6.41. The molecule has 0 spiro atoms. The molecule has 1 amide bonds. The fourth-order valence-electron chi connectivity index (χ4n) is 2.97. The van der Waals surface area contributed by atoms with Crippen molar-refractivity contribution in [2.45, 2.75) is 36.7 Å². The number of carbonyl (C=O) groups excluding carboxylic acids is 1. The van der Waals surface area contributed by atoms with Crippen molar-refractivity contribution < 1.29 is 9.53 Å². The van der Waals surface area contributed by atoms with E-state index in [2.05, 4.69) is 0 Å². The van der Waals surface area contributed by atoms with Gasteiger partial charge in [-0.3, -0.25) is 4.79 Å². The van der Waals surface area contributed by atoms with Crippen LogP contribution in [-0.2, 0) is 10.5 Å². The maximum Gasteiger partial charge on any atom is 0.254 e. The Labute approximate surface area is 158 Å². The lowest BCUT2D eigenvalue weighted by Gasteiger charge is -2.35. The van der Waals surface area contributed by atoms with Crippen molar-refractivity contribution in [3.63, 3.8) is 0 Å². The van der Waals surface area contributed by atoms with E-state index in [4.69, 9.17) is 16.3 Å². The van der Waals surface area contributed by atoms with Gasteiger partial charge in [0.05, 0.1) is 12.2 Å². The quantitative estimate of drug-likeness (QED) is 0.713. The number of amides is 1. The second kappa shape index (κ2) is 8.26. The minimum atomic E-state index is 0.0823. The molecule has 3 nitrogen and oxygen atoms in total. The van der Waals surface area contributed by atoms with Gasteiger partial charge in [-0.15, -0.1) is 11.8 Å². The van der Waals surface area contributed by atoms with E-state index in [-0.39, 0.29) is 18.1 Å². The molecule has 3 rings (SSSR count). The Balaban J connectivity index is 1.59. The zero-order chi connectivity index (χ0) is 17.8. The highest BCUT2D eigenvalue weighted by Crippen LogP contribution is 2.24. The van der Waals surface area contributed by atoms with E-state index in [0.29, 0.717) is 13.1 Å². The molecule has 2 aromatic rings. The maximum atomic E-state index is 12.7. The van der Waals surface area contributed by atoms with Crippen molar-refractivity contribution in [3.8, 4) is 0 Å². The third-order valence-electron chi connectivity index (χ3n) is 4.13. The van der Waals surface area contributed by atoms with E-state index in [1.54, 1.807) is 11.8 Å². The molecule has 0 aromatic heterocycles. The van der Waals surface area contributed by atoms with Crippen molar-refractivity contribution in [2.75, 3.05) is 13.1 Å². The van der Waals surface area contributed by atoms with Gasteiger partial charge < -0.3 is 9.64 Å². The van der Waals surface area contributed by atoms with E-state index in [0.717, 1.165) is 16.3 Å². The molecule has 132 valence electrons. The first kappa shape index (κ1) is 18.3. The summed E-state index contributed by atoms with van der Waals surface area (Å²) >= 11 is 7.66. The number of morpholine rings is 1. The van der Waals surface area contributed by atoms with Gasteiger partial charge in [-0.25, -0.2) is 0 Å². The monoisotopic (exact) mass is 375 g/mol. The first-order valence-electron chi connectivity index (χ1n) is 8.43. The van der Waals surface area contributed by atoms with Crippen LogP contribution < -0.4 is 0 Å². The molecular formula is C20H22ClNO2S. The number of hydrogen-bond donors (Lipinski definition) is 0. The van der Waals surface area contributed by atoms with Gasteiger partial charge in [0.1, 0.15) is 0 Å². The van der Waals surface area contributed by atoms with Gasteiger partial charge in [-0.1, -0.05) is 23.7 Å². The summed E-state index contributed by atoms with van der Waals surface area (Å²) in [6.45, 7) is 5.31. The molecule has 0 radical (unpaired) electrons. The minimum Gasteiger partial charge on any atom is -0.372 e. The summed E-state index contributed by atoms with van der Waals surface area (Å²) in [6.07, 6.45) is 0.172. The molecule has 1 saturated heterocycles. The van der Waals surface area contributed by atoms with Gasteiger partial charge in [0, 0.05) is 34.3 Å². The Morgan fingerprint density at radius 3 is 2.28 bits per heavy atom. The summed E-state index contributed by atoms with van der Waals surface area (Å²) in [5.41, 5.74) is 1.93. The topological polar surface area (TPSA) is 29.5 Å². The number of rotatable bonds is 4. The van der Waals surface area contributed by atoms with Crippen LogP contribution in [0.15, 0.2) is 53.4 Å². The molecule has 1 aliphatic heterocycles. The smallest absolute Gasteiger partial charge is 0.254 e. The van der Waals surface area contributed by atoms with Crippen LogP contribution >= 0.6 is 23.4 Å². The summed E-state index contributed by atoms with van der Waals surface area (Å²) < 4.78 is 5.70. The van der Waals surface area contributed by atoms with E-state index in [9.17, 15) is 4.79 Å². The Hall–Kier alpha value is -1.49. The van der Waals surface area contributed by atoms with Crippen molar-refractivity contribution in [3.05, 3.63) is 64.7 Å². The number of benzene rings is 2. The Morgan fingerprint density at radius 1 is 1.08 bits per heavy atom.